The van der Waals surface area contributed by atoms with Crippen LogP contribution in [0.3, 0.4) is 0 Å². The number of hydrogen-bond acceptors (Lipinski definition) is 3. The first-order valence-corrected chi connectivity index (χ1v) is 5.74. The van der Waals surface area contributed by atoms with Gasteiger partial charge in [0.25, 0.3) is 0 Å². The lowest BCUT2D eigenvalue weighted by Gasteiger charge is -2.32. The van der Waals surface area contributed by atoms with E-state index in [-0.39, 0.29) is 11.9 Å². The summed E-state index contributed by atoms with van der Waals surface area (Å²) in [4.78, 5) is 15.9. The van der Waals surface area contributed by atoms with Crippen molar-refractivity contribution in [1.82, 2.24) is 9.80 Å². The SMILES string of the molecule is CC(C)N(C)CC(=O)N1CCC(N)CC1. The smallest absolute Gasteiger partial charge is 0.236 e. The Balaban J connectivity index is 2.34. The van der Waals surface area contributed by atoms with Crippen LogP contribution < -0.4 is 5.73 Å². The summed E-state index contributed by atoms with van der Waals surface area (Å²) in [6.45, 7) is 6.36. The molecule has 0 saturated carbocycles. The van der Waals surface area contributed by atoms with Gasteiger partial charge in [-0.15, -0.1) is 0 Å². The minimum absolute atomic E-state index is 0.234. The topological polar surface area (TPSA) is 49.6 Å². The Morgan fingerprint density at radius 1 is 1.47 bits per heavy atom. The third-order valence-corrected chi connectivity index (χ3v) is 3.16. The van der Waals surface area contributed by atoms with E-state index in [1.54, 1.807) is 0 Å². The molecule has 1 rings (SSSR count). The molecule has 0 unspecified atom stereocenters. The Kier molecular flexibility index (Phi) is 4.54. The van der Waals surface area contributed by atoms with Crippen molar-refractivity contribution < 1.29 is 4.79 Å². The average molecular weight is 213 g/mol. The highest BCUT2D eigenvalue weighted by Gasteiger charge is 2.21. The van der Waals surface area contributed by atoms with Gasteiger partial charge in [-0.3, -0.25) is 9.69 Å². The summed E-state index contributed by atoms with van der Waals surface area (Å²) < 4.78 is 0. The van der Waals surface area contributed by atoms with E-state index in [2.05, 4.69) is 18.7 Å². The van der Waals surface area contributed by atoms with Gasteiger partial charge in [0, 0.05) is 25.2 Å². The number of carbonyl (C=O) groups is 1. The first-order chi connectivity index (χ1) is 7.00. The van der Waals surface area contributed by atoms with E-state index in [1.807, 2.05) is 11.9 Å². The predicted octanol–water partition coefficient (Wildman–Crippen LogP) is 0.276. The van der Waals surface area contributed by atoms with Crippen molar-refractivity contribution in [3.8, 4) is 0 Å². The quantitative estimate of drug-likeness (QED) is 0.732. The van der Waals surface area contributed by atoms with Gasteiger partial charge in [0.05, 0.1) is 6.54 Å². The molecule has 0 aromatic rings. The third kappa shape index (κ3) is 3.80. The number of rotatable bonds is 3. The molecule has 0 aromatic heterocycles. The normalized spacial score (nSPS) is 18.9. The number of piperidine rings is 1. The summed E-state index contributed by atoms with van der Waals surface area (Å²) in [5.41, 5.74) is 5.80. The molecule has 88 valence electrons. The van der Waals surface area contributed by atoms with Gasteiger partial charge in [-0.25, -0.2) is 0 Å². The van der Waals surface area contributed by atoms with Gasteiger partial charge in [-0.1, -0.05) is 0 Å². The van der Waals surface area contributed by atoms with Crippen LogP contribution in [0.4, 0.5) is 0 Å². The van der Waals surface area contributed by atoms with Crippen molar-refractivity contribution in [3.05, 3.63) is 0 Å². The van der Waals surface area contributed by atoms with E-state index in [4.69, 9.17) is 5.73 Å². The van der Waals surface area contributed by atoms with Crippen LogP contribution >= 0.6 is 0 Å². The Hall–Kier alpha value is -0.610. The molecular weight excluding hydrogens is 190 g/mol. The molecule has 0 spiro atoms. The van der Waals surface area contributed by atoms with Crippen molar-refractivity contribution in [3.63, 3.8) is 0 Å². The summed E-state index contributed by atoms with van der Waals surface area (Å²) in [5, 5.41) is 0. The Morgan fingerprint density at radius 2 is 2.00 bits per heavy atom. The third-order valence-electron chi connectivity index (χ3n) is 3.16. The zero-order valence-electron chi connectivity index (χ0n) is 10.1. The molecule has 1 saturated heterocycles. The molecule has 0 aromatic carbocycles. The molecule has 1 amide bonds. The second-order valence-corrected chi connectivity index (χ2v) is 4.73. The minimum atomic E-state index is 0.234. The Bertz CT molecular complexity index is 210. The number of nitrogens with two attached hydrogens (primary N) is 1. The van der Waals surface area contributed by atoms with E-state index in [0.717, 1.165) is 25.9 Å². The molecule has 1 fully saturated rings. The van der Waals surface area contributed by atoms with E-state index >= 15 is 0 Å². The first kappa shape index (κ1) is 12.5. The number of amides is 1. The number of hydrogen-bond donors (Lipinski definition) is 1. The fraction of sp³-hybridized carbons (Fsp3) is 0.909. The Morgan fingerprint density at radius 3 is 2.47 bits per heavy atom. The van der Waals surface area contributed by atoms with Crippen molar-refractivity contribution >= 4 is 5.91 Å². The van der Waals surface area contributed by atoms with Crippen molar-refractivity contribution in [1.29, 1.82) is 0 Å². The molecule has 15 heavy (non-hydrogen) atoms. The summed E-state index contributed by atoms with van der Waals surface area (Å²) >= 11 is 0. The number of nitrogens with zero attached hydrogens (tertiary/aromatic N) is 2. The molecule has 1 heterocycles. The first-order valence-electron chi connectivity index (χ1n) is 5.74. The van der Waals surface area contributed by atoms with Crippen molar-refractivity contribution in [2.45, 2.75) is 38.8 Å². The summed E-state index contributed by atoms with van der Waals surface area (Å²) in [6.07, 6.45) is 1.88. The van der Waals surface area contributed by atoms with Gasteiger partial charge in [0.15, 0.2) is 0 Å². The Labute approximate surface area is 92.4 Å². The van der Waals surface area contributed by atoms with Gasteiger partial charge in [0.2, 0.25) is 5.91 Å². The molecule has 1 aliphatic rings. The van der Waals surface area contributed by atoms with Crippen LogP contribution in [-0.4, -0.2) is 54.5 Å². The van der Waals surface area contributed by atoms with Crippen LogP contribution in [0.15, 0.2) is 0 Å². The largest absolute Gasteiger partial charge is 0.341 e. The molecule has 0 radical (unpaired) electrons. The minimum Gasteiger partial charge on any atom is -0.341 e. The molecular formula is C11H23N3O. The fourth-order valence-corrected chi connectivity index (χ4v) is 1.64. The van der Waals surface area contributed by atoms with Crippen molar-refractivity contribution in [2.24, 2.45) is 5.73 Å². The lowest BCUT2D eigenvalue weighted by Crippen LogP contribution is -2.47. The molecule has 0 aliphatic carbocycles. The maximum atomic E-state index is 11.9. The van der Waals surface area contributed by atoms with Gasteiger partial charge < -0.3 is 10.6 Å². The lowest BCUT2D eigenvalue weighted by atomic mass is 10.1. The molecule has 0 atom stereocenters. The summed E-state index contributed by atoms with van der Waals surface area (Å²) in [6, 6.07) is 0.706. The summed E-state index contributed by atoms with van der Waals surface area (Å²) in [5.74, 6) is 0.234. The predicted molar refractivity (Wildman–Crippen MR) is 61.6 cm³/mol. The standard InChI is InChI=1S/C11H23N3O/c1-9(2)13(3)8-11(15)14-6-4-10(12)5-7-14/h9-10H,4-8,12H2,1-3H3. The van der Waals surface area contributed by atoms with Crippen molar-refractivity contribution in [2.75, 3.05) is 26.7 Å². The van der Waals surface area contributed by atoms with Gasteiger partial charge in [0.1, 0.15) is 0 Å². The number of likely N-dealkylation sites (tertiary alicyclic amines) is 1. The molecule has 0 bridgehead atoms. The molecule has 1 aliphatic heterocycles. The monoisotopic (exact) mass is 213 g/mol. The molecule has 2 N–H and O–H groups in total. The van der Waals surface area contributed by atoms with Crippen LogP contribution in [0.5, 0.6) is 0 Å². The average Bonchev–Trinajstić information content (AvgIpc) is 2.18. The number of likely N-dealkylation sites (N-methyl/N-ethyl adjacent to an activating group) is 1. The highest BCUT2D eigenvalue weighted by Crippen LogP contribution is 2.08. The second kappa shape index (κ2) is 5.47. The molecule has 4 heteroatoms. The fourth-order valence-electron chi connectivity index (χ4n) is 1.64. The zero-order valence-corrected chi connectivity index (χ0v) is 10.1. The highest BCUT2D eigenvalue weighted by atomic mass is 16.2. The van der Waals surface area contributed by atoms with E-state index < -0.39 is 0 Å². The van der Waals surface area contributed by atoms with Crippen LogP contribution in [0.1, 0.15) is 26.7 Å². The zero-order chi connectivity index (χ0) is 11.4. The number of carbonyl (C=O) groups excluding carboxylic acids is 1. The van der Waals surface area contributed by atoms with E-state index in [9.17, 15) is 4.79 Å². The summed E-state index contributed by atoms with van der Waals surface area (Å²) in [7, 11) is 1.98. The van der Waals surface area contributed by atoms with Crippen LogP contribution in [-0.2, 0) is 4.79 Å². The van der Waals surface area contributed by atoms with Crippen LogP contribution in [0.2, 0.25) is 0 Å². The highest BCUT2D eigenvalue weighted by molar-refractivity contribution is 5.78. The van der Waals surface area contributed by atoms with Gasteiger partial charge in [-0.2, -0.15) is 0 Å². The van der Waals surface area contributed by atoms with Crippen LogP contribution in [0, 0.1) is 0 Å². The van der Waals surface area contributed by atoms with E-state index in [1.165, 1.54) is 0 Å². The maximum absolute atomic E-state index is 11.9. The second-order valence-electron chi connectivity index (χ2n) is 4.73. The van der Waals surface area contributed by atoms with Gasteiger partial charge in [-0.05, 0) is 33.7 Å². The lowest BCUT2D eigenvalue weighted by molar-refractivity contribution is -0.133. The van der Waals surface area contributed by atoms with E-state index in [0.29, 0.717) is 12.6 Å². The van der Waals surface area contributed by atoms with Gasteiger partial charge >= 0.3 is 0 Å². The maximum Gasteiger partial charge on any atom is 0.236 e. The van der Waals surface area contributed by atoms with Crippen LogP contribution in [0.25, 0.3) is 0 Å². The molecule has 4 nitrogen and oxygen atoms in total.